The van der Waals surface area contributed by atoms with Gasteiger partial charge in [0.15, 0.2) is 4.34 Å². The van der Waals surface area contributed by atoms with Crippen LogP contribution in [0.5, 0.6) is 0 Å². The first-order chi connectivity index (χ1) is 11.8. The Labute approximate surface area is 151 Å². The number of ether oxygens (including phenoxy) is 1. The van der Waals surface area contributed by atoms with Crippen molar-refractivity contribution in [1.29, 1.82) is 0 Å². The third-order valence-electron chi connectivity index (χ3n) is 4.44. The second-order valence-electron chi connectivity index (χ2n) is 6.33. The zero-order chi connectivity index (χ0) is 16.6. The van der Waals surface area contributed by atoms with Crippen molar-refractivity contribution in [3.63, 3.8) is 0 Å². The molecule has 0 spiro atoms. The summed E-state index contributed by atoms with van der Waals surface area (Å²) in [4.78, 5) is 14.4. The van der Waals surface area contributed by atoms with Gasteiger partial charge >= 0.3 is 0 Å². The number of thioether (sulfide) groups is 1. The van der Waals surface area contributed by atoms with Gasteiger partial charge in [0.2, 0.25) is 11.0 Å². The average Bonchev–Trinajstić information content (AvgIpc) is 3.22. The van der Waals surface area contributed by atoms with Gasteiger partial charge in [0.05, 0.1) is 11.9 Å². The maximum atomic E-state index is 12.4. The van der Waals surface area contributed by atoms with Crippen LogP contribution in [0, 0.1) is 0 Å². The lowest BCUT2D eigenvalue weighted by Crippen LogP contribution is -2.35. The van der Waals surface area contributed by atoms with Gasteiger partial charge in [-0.2, -0.15) is 0 Å². The van der Waals surface area contributed by atoms with Gasteiger partial charge in [-0.1, -0.05) is 42.4 Å². The molecule has 1 atom stereocenters. The van der Waals surface area contributed by atoms with Crippen molar-refractivity contribution in [2.24, 2.45) is 0 Å². The summed E-state index contributed by atoms with van der Waals surface area (Å²) in [6.45, 7) is 3.46. The van der Waals surface area contributed by atoms with Crippen LogP contribution in [0.4, 0.5) is 5.13 Å². The van der Waals surface area contributed by atoms with Crippen LogP contribution >= 0.6 is 23.1 Å². The molecule has 1 aromatic rings. The first-order valence-electron chi connectivity index (χ1n) is 8.91. The number of aromatic nitrogens is 2. The normalized spacial score (nSPS) is 22.2. The van der Waals surface area contributed by atoms with E-state index in [-0.39, 0.29) is 5.91 Å². The molecule has 0 aromatic carbocycles. The van der Waals surface area contributed by atoms with Crippen LogP contribution in [0.1, 0.15) is 44.9 Å². The van der Waals surface area contributed by atoms with Gasteiger partial charge in [0.25, 0.3) is 0 Å². The molecule has 0 saturated carbocycles. The molecular weight excluding hydrogens is 344 g/mol. The Morgan fingerprint density at radius 1 is 1.21 bits per heavy atom. The van der Waals surface area contributed by atoms with Crippen LogP contribution < -0.4 is 5.32 Å². The largest absolute Gasteiger partial charge is 0.376 e. The molecule has 2 fully saturated rings. The summed E-state index contributed by atoms with van der Waals surface area (Å²) in [7, 11) is 0. The van der Waals surface area contributed by atoms with Crippen LogP contribution in [0.15, 0.2) is 4.34 Å². The van der Waals surface area contributed by atoms with Crippen molar-refractivity contribution in [2.75, 3.05) is 37.3 Å². The Morgan fingerprint density at radius 2 is 2.00 bits per heavy atom. The van der Waals surface area contributed by atoms with E-state index in [1.807, 2.05) is 4.90 Å². The van der Waals surface area contributed by atoms with E-state index in [1.165, 1.54) is 42.4 Å². The Balaban J connectivity index is 1.40. The molecule has 2 saturated heterocycles. The number of amides is 1. The van der Waals surface area contributed by atoms with E-state index < -0.39 is 0 Å². The molecule has 3 rings (SSSR count). The van der Waals surface area contributed by atoms with Crippen LogP contribution in [-0.2, 0) is 9.53 Å². The number of nitrogens with zero attached hydrogens (tertiary/aromatic N) is 3. The summed E-state index contributed by atoms with van der Waals surface area (Å²) < 4.78 is 6.44. The molecule has 6 nitrogen and oxygen atoms in total. The fourth-order valence-electron chi connectivity index (χ4n) is 3.06. The molecule has 134 valence electrons. The van der Waals surface area contributed by atoms with Gasteiger partial charge < -0.3 is 15.0 Å². The lowest BCUT2D eigenvalue weighted by atomic mass is 10.1. The molecule has 0 aliphatic carbocycles. The number of hydrogen-bond acceptors (Lipinski definition) is 7. The van der Waals surface area contributed by atoms with E-state index in [0.29, 0.717) is 11.9 Å². The van der Waals surface area contributed by atoms with Crippen molar-refractivity contribution >= 4 is 34.1 Å². The molecule has 2 aliphatic rings. The highest BCUT2D eigenvalue weighted by molar-refractivity contribution is 8.01. The first-order valence-corrected chi connectivity index (χ1v) is 10.7. The number of anilines is 1. The quantitative estimate of drug-likeness (QED) is 0.777. The summed E-state index contributed by atoms with van der Waals surface area (Å²) >= 11 is 3.01. The fourth-order valence-corrected chi connectivity index (χ4v) is 4.72. The Bertz CT molecular complexity index is 512. The van der Waals surface area contributed by atoms with Crippen molar-refractivity contribution in [1.82, 2.24) is 15.1 Å². The molecule has 24 heavy (non-hydrogen) atoms. The zero-order valence-corrected chi connectivity index (χ0v) is 15.7. The second kappa shape index (κ2) is 9.58. The van der Waals surface area contributed by atoms with Crippen molar-refractivity contribution < 1.29 is 9.53 Å². The molecule has 8 heteroatoms. The van der Waals surface area contributed by atoms with Crippen molar-refractivity contribution in [2.45, 2.75) is 55.4 Å². The smallest absolute Gasteiger partial charge is 0.233 e. The lowest BCUT2D eigenvalue weighted by molar-refractivity contribution is -0.128. The number of hydrogen-bond donors (Lipinski definition) is 1. The predicted octanol–water partition coefficient (Wildman–Crippen LogP) is 3.01. The topological polar surface area (TPSA) is 67.3 Å². The van der Waals surface area contributed by atoms with Gasteiger partial charge in [-0.3, -0.25) is 4.79 Å². The van der Waals surface area contributed by atoms with E-state index in [0.717, 1.165) is 61.4 Å². The van der Waals surface area contributed by atoms with E-state index >= 15 is 0 Å². The Morgan fingerprint density at radius 3 is 2.75 bits per heavy atom. The molecule has 3 heterocycles. The molecule has 1 N–H and O–H groups in total. The molecule has 1 unspecified atom stereocenters. The van der Waals surface area contributed by atoms with E-state index in [9.17, 15) is 4.79 Å². The van der Waals surface area contributed by atoms with Gasteiger partial charge in [-0.15, -0.1) is 10.2 Å². The highest BCUT2D eigenvalue weighted by Gasteiger charge is 2.17. The average molecular weight is 371 g/mol. The predicted molar refractivity (Wildman–Crippen MR) is 97.8 cm³/mol. The second-order valence-corrected chi connectivity index (χ2v) is 8.53. The monoisotopic (exact) mass is 370 g/mol. The molecule has 1 amide bonds. The summed E-state index contributed by atoms with van der Waals surface area (Å²) in [6.07, 6.45) is 8.60. The maximum Gasteiger partial charge on any atom is 0.233 e. The van der Waals surface area contributed by atoms with Crippen molar-refractivity contribution in [3.05, 3.63) is 0 Å². The minimum atomic E-state index is 0.228. The van der Waals surface area contributed by atoms with Crippen LogP contribution in [0.25, 0.3) is 0 Å². The third kappa shape index (κ3) is 5.60. The minimum Gasteiger partial charge on any atom is -0.376 e. The highest BCUT2D eigenvalue weighted by atomic mass is 32.2. The summed E-state index contributed by atoms with van der Waals surface area (Å²) in [5.74, 6) is 0.686. The number of nitrogens with one attached hydrogen (secondary N) is 1. The van der Waals surface area contributed by atoms with Crippen LogP contribution in [0.2, 0.25) is 0 Å². The highest BCUT2D eigenvalue weighted by Crippen LogP contribution is 2.26. The molecule has 0 radical (unpaired) electrons. The van der Waals surface area contributed by atoms with Gasteiger partial charge in [0, 0.05) is 26.2 Å². The third-order valence-corrected chi connectivity index (χ3v) is 6.44. The number of carbonyl (C=O) groups is 1. The summed E-state index contributed by atoms with van der Waals surface area (Å²) in [5, 5.41) is 12.4. The molecular formula is C16H26N4O2S2. The molecule has 1 aromatic heterocycles. The van der Waals surface area contributed by atoms with E-state index in [1.54, 1.807) is 0 Å². The maximum absolute atomic E-state index is 12.4. The Kier molecular flexibility index (Phi) is 7.16. The SMILES string of the molecule is O=C(CSc1nnc(NCC2CCCO2)s1)N1CCCCCCC1. The first kappa shape index (κ1) is 17.9. The van der Waals surface area contributed by atoms with Gasteiger partial charge in [-0.05, 0) is 25.7 Å². The van der Waals surface area contributed by atoms with E-state index in [4.69, 9.17) is 4.74 Å². The number of carbonyl (C=O) groups excluding carboxylic acids is 1. The Hall–Kier alpha value is -0.860. The number of rotatable bonds is 6. The fraction of sp³-hybridized carbons (Fsp3) is 0.812. The number of likely N-dealkylation sites (tertiary alicyclic amines) is 1. The van der Waals surface area contributed by atoms with Crippen LogP contribution in [-0.4, -0.2) is 59.1 Å². The molecule has 2 aliphatic heterocycles. The van der Waals surface area contributed by atoms with Gasteiger partial charge in [0.1, 0.15) is 0 Å². The summed E-state index contributed by atoms with van der Waals surface area (Å²) in [6, 6.07) is 0. The standard InChI is InChI=1S/C16H26N4O2S2/c21-14(20-8-4-2-1-3-5-9-20)12-23-16-19-18-15(24-16)17-11-13-7-6-10-22-13/h13H,1-12H2,(H,17,18). The van der Waals surface area contributed by atoms with Crippen LogP contribution in [0.3, 0.4) is 0 Å². The minimum absolute atomic E-state index is 0.228. The lowest BCUT2D eigenvalue weighted by Gasteiger charge is -2.24. The molecule has 0 bridgehead atoms. The van der Waals surface area contributed by atoms with Crippen molar-refractivity contribution in [3.8, 4) is 0 Å². The summed E-state index contributed by atoms with van der Waals surface area (Å²) in [5.41, 5.74) is 0. The zero-order valence-electron chi connectivity index (χ0n) is 14.0. The van der Waals surface area contributed by atoms with Gasteiger partial charge in [-0.25, -0.2) is 0 Å². The van der Waals surface area contributed by atoms with E-state index in [2.05, 4.69) is 15.5 Å².